The summed E-state index contributed by atoms with van der Waals surface area (Å²) in [5.41, 5.74) is 2.85. The van der Waals surface area contributed by atoms with Gasteiger partial charge >= 0.3 is 0 Å². The van der Waals surface area contributed by atoms with E-state index in [1.165, 1.54) is 0 Å². The smallest absolute Gasteiger partial charge is 0.260 e. The molecule has 0 aliphatic carbocycles. The van der Waals surface area contributed by atoms with E-state index in [-0.39, 0.29) is 0 Å². The molecule has 0 saturated carbocycles. The molecule has 6 nitrogen and oxygen atoms in total. The first kappa shape index (κ1) is 11.5. The average Bonchev–Trinajstić information content (AvgIpc) is 3.08. The minimum Gasteiger partial charge on any atom is -0.379 e. The Labute approximate surface area is 109 Å². The number of rotatable bonds is 4. The molecule has 0 saturated heterocycles. The Morgan fingerprint density at radius 3 is 2.89 bits per heavy atom. The summed E-state index contributed by atoms with van der Waals surface area (Å²) in [5, 5.41) is 14.0. The Morgan fingerprint density at radius 2 is 2.16 bits per heavy atom. The lowest BCUT2D eigenvalue weighted by Gasteiger charge is -2.08. The highest BCUT2D eigenvalue weighted by Gasteiger charge is 2.10. The summed E-state index contributed by atoms with van der Waals surface area (Å²) in [6.07, 6.45) is 1.73. The van der Waals surface area contributed by atoms with Crippen molar-refractivity contribution >= 4 is 5.69 Å². The van der Waals surface area contributed by atoms with Crippen LogP contribution in [0.4, 0.5) is 5.69 Å². The second kappa shape index (κ2) is 4.93. The largest absolute Gasteiger partial charge is 0.379 e. The van der Waals surface area contributed by atoms with E-state index in [1.807, 2.05) is 30.3 Å². The molecule has 0 bridgehead atoms. The predicted molar refractivity (Wildman–Crippen MR) is 70.4 cm³/mol. The average molecular weight is 255 g/mol. The Kier molecular flexibility index (Phi) is 2.97. The quantitative estimate of drug-likeness (QED) is 0.748. The molecule has 0 amide bonds. The first-order valence-corrected chi connectivity index (χ1v) is 5.95. The molecule has 19 heavy (non-hydrogen) atoms. The second-order valence-corrected chi connectivity index (χ2v) is 4.13. The summed E-state index contributed by atoms with van der Waals surface area (Å²) >= 11 is 0. The molecule has 0 radical (unpaired) electrons. The highest BCUT2D eigenvalue weighted by molar-refractivity contribution is 5.72. The van der Waals surface area contributed by atoms with E-state index in [0.717, 1.165) is 16.9 Å². The molecule has 0 aliphatic rings. The normalized spacial score (nSPS) is 10.6. The lowest BCUT2D eigenvalue weighted by atomic mass is 10.1. The fourth-order valence-corrected chi connectivity index (χ4v) is 1.80. The van der Waals surface area contributed by atoms with Crippen molar-refractivity contribution in [3.05, 3.63) is 48.0 Å². The van der Waals surface area contributed by atoms with Crippen LogP contribution >= 0.6 is 0 Å². The van der Waals surface area contributed by atoms with Gasteiger partial charge in [0.05, 0.1) is 17.8 Å². The van der Waals surface area contributed by atoms with E-state index in [9.17, 15) is 0 Å². The molecule has 0 atom stereocenters. The number of hydrogen-bond donors (Lipinski definition) is 2. The fourth-order valence-electron chi connectivity index (χ4n) is 1.80. The van der Waals surface area contributed by atoms with Crippen LogP contribution in [0.3, 0.4) is 0 Å². The van der Waals surface area contributed by atoms with Crippen LogP contribution in [0.5, 0.6) is 0 Å². The molecule has 2 heterocycles. The van der Waals surface area contributed by atoms with Gasteiger partial charge in [-0.1, -0.05) is 17.3 Å². The van der Waals surface area contributed by atoms with Crippen LogP contribution in [0.2, 0.25) is 0 Å². The van der Waals surface area contributed by atoms with Crippen molar-refractivity contribution in [2.24, 2.45) is 0 Å². The molecule has 0 spiro atoms. The van der Waals surface area contributed by atoms with E-state index >= 15 is 0 Å². The van der Waals surface area contributed by atoms with Gasteiger partial charge in [0.2, 0.25) is 0 Å². The Morgan fingerprint density at radius 1 is 1.26 bits per heavy atom. The van der Waals surface area contributed by atoms with Crippen molar-refractivity contribution < 1.29 is 4.52 Å². The maximum atomic E-state index is 5.21. The molecule has 0 unspecified atom stereocenters. The van der Waals surface area contributed by atoms with E-state index in [1.54, 1.807) is 13.1 Å². The van der Waals surface area contributed by atoms with Crippen molar-refractivity contribution in [1.29, 1.82) is 0 Å². The number of aryl methyl sites for hydroxylation is 1. The maximum Gasteiger partial charge on any atom is 0.260 e. The minimum absolute atomic E-state index is 0.519. The molecule has 0 aliphatic heterocycles. The summed E-state index contributed by atoms with van der Waals surface area (Å²) in [6.45, 7) is 2.46. The zero-order valence-corrected chi connectivity index (χ0v) is 10.4. The Hall–Kier alpha value is -2.63. The van der Waals surface area contributed by atoms with Crippen molar-refractivity contribution in [3.8, 4) is 11.5 Å². The van der Waals surface area contributed by atoms with Crippen LogP contribution in [0, 0.1) is 6.92 Å². The molecule has 2 aromatic heterocycles. The topological polar surface area (TPSA) is 79.6 Å². The van der Waals surface area contributed by atoms with Crippen LogP contribution in [0.15, 0.2) is 41.1 Å². The number of H-pyrrole nitrogens is 1. The van der Waals surface area contributed by atoms with E-state index < -0.39 is 0 Å². The summed E-state index contributed by atoms with van der Waals surface area (Å²) in [7, 11) is 0. The summed E-state index contributed by atoms with van der Waals surface area (Å²) in [4.78, 5) is 4.25. The molecule has 3 rings (SSSR count). The van der Waals surface area contributed by atoms with Crippen molar-refractivity contribution in [2.75, 3.05) is 5.32 Å². The standard InChI is InChI=1S/C13H13N5O/c1-9-16-13(19-18-9)11-4-2-3-5-12(11)14-8-10-6-7-15-17-10/h2-7,14H,8H2,1H3,(H,15,17). The first-order valence-electron chi connectivity index (χ1n) is 5.95. The summed E-state index contributed by atoms with van der Waals surface area (Å²) in [5.74, 6) is 1.14. The Bertz CT molecular complexity index is 659. The third-order valence-corrected chi connectivity index (χ3v) is 2.71. The van der Waals surface area contributed by atoms with Gasteiger partial charge in [-0.2, -0.15) is 10.1 Å². The number of para-hydroxylation sites is 1. The third-order valence-electron chi connectivity index (χ3n) is 2.71. The second-order valence-electron chi connectivity index (χ2n) is 4.13. The number of nitrogens with zero attached hydrogens (tertiary/aromatic N) is 3. The first-order chi connectivity index (χ1) is 9.33. The maximum absolute atomic E-state index is 5.21. The van der Waals surface area contributed by atoms with Crippen LogP contribution < -0.4 is 5.32 Å². The van der Waals surface area contributed by atoms with Gasteiger partial charge in [0.1, 0.15) is 0 Å². The van der Waals surface area contributed by atoms with Gasteiger partial charge in [-0.25, -0.2) is 0 Å². The molecule has 6 heteroatoms. The zero-order valence-electron chi connectivity index (χ0n) is 10.4. The van der Waals surface area contributed by atoms with Crippen molar-refractivity contribution in [1.82, 2.24) is 20.3 Å². The molecular formula is C13H13N5O. The molecule has 0 fully saturated rings. The van der Waals surface area contributed by atoms with Crippen LogP contribution in [-0.2, 0) is 6.54 Å². The van der Waals surface area contributed by atoms with Crippen LogP contribution in [0.1, 0.15) is 11.5 Å². The summed E-state index contributed by atoms with van der Waals surface area (Å²) < 4.78 is 5.21. The van der Waals surface area contributed by atoms with E-state index in [0.29, 0.717) is 18.3 Å². The lowest BCUT2D eigenvalue weighted by Crippen LogP contribution is -2.01. The number of hydrogen-bond acceptors (Lipinski definition) is 5. The molecular weight excluding hydrogens is 242 g/mol. The fraction of sp³-hybridized carbons (Fsp3) is 0.154. The Balaban J connectivity index is 1.85. The van der Waals surface area contributed by atoms with Crippen LogP contribution in [0.25, 0.3) is 11.5 Å². The molecule has 1 aromatic carbocycles. The van der Waals surface area contributed by atoms with Crippen molar-refractivity contribution in [2.45, 2.75) is 13.5 Å². The minimum atomic E-state index is 0.519. The zero-order chi connectivity index (χ0) is 13.1. The highest BCUT2D eigenvalue weighted by atomic mass is 16.5. The van der Waals surface area contributed by atoms with Gasteiger partial charge < -0.3 is 9.84 Å². The van der Waals surface area contributed by atoms with Gasteiger partial charge in [0.15, 0.2) is 5.82 Å². The van der Waals surface area contributed by atoms with Crippen LogP contribution in [-0.4, -0.2) is 20.3 Å². The van der Waals surface area contributed by atoms with Gasteiger partial charge in [-0.15, -0.1) is 0 Å². The number of aromatic nitrogens is 4. The molecule has 2 N–H and O–H groups in total. The number of nitrogens with one attached hydrogen (secondary N) is 2. The number of anilines is 1. The van der Waals surface area contributed by atoms with E-state index in [2.05, 4.69) is 25.7 Å². The highest BCUT2D eigenvalue weighted by Crippen LogP contribution is 2.26. The predicted octanol–water partition coefficient (Wildman–Crippen LogP) is 2.38. The number of aromatic amines is 1. The van der Waals surface area contributed by atoms with Crippen molar-refractivity contribution in [3.63, 3.8) is 0 Å². The summed E-state index contributed by atoms with van der Waals surface area (Å²) in [6, 6.07) is 9.75. The van der Waals surface area contributed by atoms with E-state index in [4.69, 9.17) is 4.52 Å². The van der Waals surface area contributed by atoms with Gasteiger partial charge in [0, 0.05) is 11.9 Å². The molecule has 3 aromatic rings. The lowest BCUT2D eigenvalue weighted by molar-refractivity contribution is 0.426. The SMILES string of the molecule is Cc1noc(-c2ccccc2NCc2ccn[nH]2)n1. The third kappa shape index (κ3) is 2.47. The van der Waals surface area contributed by atoms with Gasteiger partial charge in [0.25, 0.3) is 5.89 Å². The van der Waals surface area contributed by atoms with Gasteiger partial charge in [-0.05, 0) is 25.1 Å². The van der Waals surface area contributed by atoms with Gasteiger partial charge in [-0.3, -0.25) is 5.10 Å². The monoisotopic (exact) mass is 255 g/mol. The number of benzene rings is 1. The molecule has 96 valence electrons.